The number of hydrogen-bond acceptors (Lipinski definition) is 1. The van der Waals surface area contributed by atoms with Gasteiger partial charge < -0.3 is 22.7 Å². The number of nitrogens with one attached hydrogen (secondary N) is 1. The molecule has 0 fully saturated rings. The summed E-state index contributed by atoms with van der Waals surface area (Å²) in [7, 11) is -1.94. The smallest absolute Gasteiger partial charge is 0.673 e. The lowest BCUT2D eigenvalue weighted by Gasteiger charge is -1.94. The minimum Gasteiger partial charge on any atom is -0.753 e. The van der Waals surface area contributed by atoms with Crippen molar-refractivity contribution >= 4 is 24.6 Å². The molecule has 0 radical (unpaired) electrons. The van der Waals surface area contributed by atoms with Gasteiger partial charge in [0.05, 0.1) is 20.6 Å². The largest absolute Gasteiger partial charge is 0.753 e. The molecule has 1 N–H and O–H groups in total. The minimum atomic E-state index is -6.00. The van der Waals surface area contributed by atoms with Gasteiger partial charge in [0.1, 0.15) is 24.8 Å². The summed E-state index contributed by atoms with van der Waals surface area (Å²) in [5.41, 5.74) is 0. The van der Waals surface area contributed by atoms with Crippen molar-refractivity contribution in [3.8, 4) is 0 Å². The van der Waals surface area contributed by atoms with E-state index in [4.69, 9.17) is 5.41 Å². The fraction of sp³-hybridized carbons (Fsp3) is 0.462. The summed E-state index contributed by atoms with van der Waals surface area (Å²) in [6.07, 6.45) is 11.2. The monoisotopic (exact) mass is 367 g/mol. The zero-order valence-electron chi connectivity index (χ0n) is 14.1. The summed E-state index contributed by atoms with van der Waals surface area (Å²) >= 11 is 3.70. The maximum atomic E-state index is 9.75. The average molecular weight is 367 g/mol. The molecule has 2 heterocycles. The Kier molecular flexibility index (Phi) is 13.6. The fourth-order valence-electron chi connectivity index (χ4n) is 1.48. The number of aryl methyl sites for hydroxylation is 4. The van der Waals surface area contributed by atoms with Crippen molar-refractivity contribution in [1.82, 2.24) is 9.55 Å². The zero-order valence-corrected chi connectivity index (χ0v) is 14.9. The molecule has 0 amide bonds. The third-order valence-electron chi connectivity index (χ3n) is 2.50. The van der Waals surface area contributed by atoms with E-state index in [-0.39, 0.29) is 0 Å². The number of H-pyrrole nitrogens is 1. The van der Waals surface area contributed by atoms with Crippen LogP contribution in [0.4, 0.5) is 17.3 Å². The normalized spacial score (nSPS) is 9.33. The molecule has 136 valence electrons. The Morgan fingerprint density at radius 1 is 1.25 bits per heavy atom. The number of imidazole rings is 2. The van der Waals surface area contributed by atoms with E-state index in [1.54, 1.807) is 0 Å². The van der Waals surface area contributed by atoms with E-state index >= 15 is 0 Å². The van der Waals surface area contributed by atoms with Gasteiger partial charge in [-0.3, -0.25) is 0 Å². The lowest BCUT2D eigenvalue weighted by atomic mass is 10.3. The first-order valence-corrected chi connectivity index (χ1v) is 7.41. The van der Waals surface area contributed by atoms with Crippen LogP contribution in [0.25, 0.3) is 5.41 Å². The lowest BCUT2D eigenvalue weighted by Crippen LogP contribution is -2.29. The number of aromatic nitrogens is 4. The molecule has 2 rings (SSSR count). The van der Waals surface area contributed by atoms with Crippen molar-refractivity contribution in [3.63, 3.8) is 0 Å². The summed E-state index contributed by atoms with van der Waals surface area (Å²) in [5.74, 6) is 1.27. The maximum Gasteiger partial charge on any atom is 0.673 e. The molecule has 0 aliphatic rings. The van der Waals surface area contributed by atoms with Gasteiger partial charge in [0, 0.05) is 6.42 Å². The van der Waals surface area contributed by atoms with Crippen LogP contribution in [0.5, 0.6) is 0 Å². The molecule has 0 saturated carbocycles. The second kappa shape index (κ2) is 13.4. The Morgan fingerprint density at radius 2 is 1.75 bits per heavy atom. The first-order valence-electron chi connectivity index (χ1n) is 7.00. The Bertz CT molecular complexity index is 585. The highest BCUT2D eigenvalue weighted by molar-refractivity contribution is 7.78. The van der Waals surface area contributed by atoms with Crippen LogP contribution in [0, 0.1) is 0 Å². The highest BCUT2D eigenvalue weighted by atomic mass is 32.1. The number of aromatic amines is 1. The number of hydrogen-bond donors (Lipinski definition) is 1. The van der Waals surface area contributed by atoms with E-state index in [0.717, 1.165) is 13.0 Å². The second-order valence-electron chi connectivity index (χ2n) is 4.37. The van der Waals surface area contributed by atoms with Crippen molar-refractivity contribution in [2.24, 2.45) is 14.1 Å². The Balaban J connectivity index is 0. The predicted octanol–water partition coefficient (Wildman–Crippen LogP) is 2.69. The van der Waals surface area contributed by atoms with Crippen molar-refractivity contribution in [2.45, 2.75) is 26.8 Å². The molecule has 0 spiro atoms. The predicted molar refractivity (Wildman–Crippen MR) is 88.8 cm³/mol. The molecule has 5 nitrogen and oxygen atoms in total. The molecule has 2 aromatic rings. The molecule has 0 bridgehead atoms. The summed E-state index contributed by atoms with van der Waals surface area (Å²) in [6, 6.07) is 0. The van der Waals surface area contributed by atoms with Crippen LogP contribution in [-0.2, 0) is 27.1 Å². The molecule has 0 aliphatic carbocycles. The molecular weight excluding hydrogens is 345 g/mol. The third-order valence-corrected chi connectivity index (χ3v) is 2.50. The standard InChI is InChI=1S/C6H11N2.C6H10N2.CNS.BF4/c1-3-8-5-4-7(2)6-8;1-3-6-7-4-5-8(6)2;2-1-3;2-1(3,4)5/h4-6H,3H2,1-2H3;4-5H,3H2,1-2H3;;/q+1;;2*-1/p+1. The number of thiocarbonyl (C=S) groups is 1. The number of isothiocyanates is 1. The van der Waals surface area contributed by atoms with Crippen LogP contribution < -0.4 is 9.13 Å². The van der Waals surface area contributed by atoms with Gasteiger partial charge >= 0.3 is 7.25 Å². The average Bonchev–Trinajstić information content (AvgIpc) is 3.06. The van der Waals surface area contributed by atoms with Gasteiger partial charge in [-0.05, 0) is 6.92 Å². The van der Waals surface area contributed by atoms with Crippen LogP contribution in [0.2, 0.25) is 0 Å². The molecule has 0 saturated heterocycles. The third kappa shape index (κ3) is 16.4. The van der Waals surface area contributed by atoms with Crippen LogP contribution in [0.3, 0.4) is 0 Å². The molecular formula is C13H22BF4N5S. The SMILES string of the molecule is CCc1[nH]cc[n+]1C.CCn1cc[n+](C)c1.F[B-](F)(F)F.[N-]=C=S. The van der Waals surface area contributed by atoms with Gasteiger partial charge in [0.25, 0.3) is 5.82 Å². The van der Waals surface area contributed by atoms with E-state index in [1.165, 1.54) is 11.0 Å². The van der Waals surface area contributed by atoms with Gasteiger partial charge in [0.2, 0.25) is 6.33 Å². The van der Waals surface area contributed by atoms with E-state index in [1.807, 2.05) is 37.3 Å². The van der Waals surface area contributed by atoms with E-state index < -0.39 is 7.25 Å². The molecule has 24 heavy (non-hydrogen) atoms. The molecule has 2 aromatic heterocycles. The van der Waals surface area contributed by atoms with Crippen LogP contribution in [0.15, 0.2) is 31.1 Å². The molecule has 11 heteroatoms. The van der Waals surface area contributed by atoms with Crippen molar-refractivity contribution in [1.29, 1.82) is 0 Å². The summed E-state index contributed by atoms with van der Waals surface area (Å²) < 4.78 is 45.2. The highest BCUT2D eigenvalue weighted by Crippen LogP contribution is 2.06. The molecule has 0 atom stereocenters. The number of rotatable bonds is 2. The molecule has 0 aliphatic heterocycles. The van der Waals surface area contributed by atoms with Gasteiger partial charge in [-0.1, -0.05) is 19.1 Å². The Labute approximate surface area is 144 Å². The van der Waals surface area contributed by atoms with Gasteiger partial charge in [0.15, 0.2) is 0 Å². The van der Waals surface area contributed by atoms with Crippen molar-refractivity contribution in [2.75, 3.05) is 0 Å². The zero-order chi connectivity index (χ0) is 19.2. The summed E-state index contributed by atoms with van der Waals surface area (Å²) in [5, 5.41) is 8.47. The second-order valence-corrected chi connectivity index (χ2v) is 4.55. The van der Waals surface area contributed by atoms with Crippen LogP contribution in [-0.4, -0.2) is 22.0 Å². The van der Waals surface area contributed by atoms with Gasteiger partial charge in [-0.2, -0.15) is 5.16 Å². The molecule has 0 aromatic carbocycles. The van der Waals surface area contributed by atoms with E-state index in [0.29, 0.717) is 0 Å². The lowest BCUT2D eigenvalue weighted by molar-refractivity contribution is -0.677. The van der Waals surface area contributed by atoms with E-state index in [2.05, 4.69) is 52.7 Å². The van der Waals surface area contributed by atoms with Crippen LogP contribution in [0.1, 0.15) is 19.7 Å². The summed E-state index contributed by atoms with van der Waals surface area (Å²) in [4.78, 5) is 3.12. The van der Waals surface area contributed by atoms with Gasteiger partial charge in [-0.15, -0.1) is 0 Å². The highest BCUT2D eigenvalue weighted by Gasteiger charge is 2.20. The summed E-state index contributed by atoms with van der Waals surface area (Å²) in [6.45, 7) is 5.31. The van der Waals surface area contributed by atoms with Crippen LogP contribution >= 0.6 is 12.2 Å². The fourth-order valence-corrected chi connectivity index (χ4v) is 1.48. The number of nitrogens with zero attached hydrogens (tertiary/aromatic N) is 4. The Hall–Kier alpha value is -2.00. The quantitative estimate of drug-likeness (QED) is 0.287. The first-order chi connectivity index (χ1) is 11.1. The van der Waals surface area contributed by atoms with Gasteiger partial charge in [-0.25, -0.2) is 18.7 Å². The number of halogens is 4. The maximum absolute atomic E-state index is 9.75. The van der Waals surface area contributed by atoms with E-state index in [9.17, 15) is 17.3 Å². The first kappa shape index (κ1) is 24.3. The van der Waals surface area contributed by atoms with Crippen molar-refractivity contribution < 1.29 is 26.4 Å². The molecule has 0 unspecified atom stereocenters. The minimum absolute atomic E-state index is 1.06. The topological polar surface area (TPSA) is 50.8 Å². The van der Waals surface area contributed by atoms with Crippen molar-refractivity contribution in [3.05, 3.63) is 42.3 Å². The Morgan fingerprint density at radius 3 is 1.92 bits per heavy atom.